The zero-order valence-corrected chi connectivity index (χ0v) is 7.33. The number of aryl methyl sites for hydroxylation is 1. The van der Waals surface area contributed by atoms with Gasteiger partial charge in [-0.2, -0.15) is 0 Å². The summed E-state index contributed by atoms with van der Waals surface area (Å²) in [6.45, 7) is 3.44. The maximum absolute atomic E-state index is 10.7. The van der Waals surface area contributed by atoms with E-state index in [0.29, 0.717) is 5.75 Å². The molecular weight excluding hydrogens is 152 g/mol. The second-order valence-electron chi connectivity index (χ2n) is 2.55. The quantitative estimate of drug-likeness (QED) is 0.498. The van der Waals surface area contributed by atoms with E-state index < -0.39 is 0 Å². The van der Waals surface area contributed by atoms with E-state index in [1.54, 1.807) is 6.07 Å². The molecule has 0 unspecified atom stereocenters. The molecule has 0 saturated carbocycles. The van der Waals surface area contributed by atoms with Gasteiger partial charge in [0, 0.05) is 8.35 Å². The summed E-state index contributed by atoms with van der Waals surface area (Å²) in [5, 5.41) is 0. The molecule has 2 nitrogen and oxygen atoms in total. The highest BCUT2D eigenvalue weighted by Crippen LogP contribution is 2.17. The number of hydrogen-bond donors (Lipinski definition) is 0. The standard InChI is InChI=1S/C10H12O2.H2/c1-3-9-6-4-5-7-10(9)12-8(2)11;/h4-7H,3H2,1-2H3;1H. The Morgan fingerprint density at radius 2 is 2.17 bits per heavy atom. The number of ether oxygens (including phenoxy) is 1. The number of esters is 1. The van der Waals surface area contributed by atoms with Crippen molar-refractivity contribution in [1.82, 2.24) is 0 Å². The van der Waals surface area contributed by atoms with Crippen LogP contribution in [0.2, 0.25) is 0 Å². The molecule has 0 aliphatic carbocycles. The van der Waals surface area contributed by atoms with E-state index in [-0.39, 0.29) is 7.40 Å². The molecule has 1 aromatic carbocycles. The summed E-state index contributed by atoms with van der Waals surface area (Å²) in [5.74, 6) is 0.406. The number of rotatable bonds is 2. The maximum Gasteiger partial charge on any atom is 0.308 e. The van der Waals surface area contributed by atoms with Crippen LogP contribution in [-0.4, -0.2) is 5.97 Å². The normalized spacial score (nSPS) is 9.50. The van der Waals surface area contributed by atoms with Crippen molar-refractivity contribution in [2.24, 2.45) is 0 Å². The van der Waals surface area contributed by atoms with Crippen LogP contribution in [0.25, 0.3) is 0 Å². The van der Waals surface area contributed by atoms with Gasteiger partial charge in [-0.05, 0) is 18.1 Å². The smallest absolute Gasteiger partial charge is 0.308 e. The second-order valence-corrected chi connectivity index (χ2v) is 2.55. The highest BCUT2D eigenvalue weighted by molar-refractivity contribution is 5.69. The van der Waals surface area contributed by atoms with Gasteiger partial charge in [0.05, 0.1) is 0 Å². The van der Waals surface area contributed by atoms with Crippen molar-refractivity contribution < 1.29 is 11.0 Å². The molecule has 0 spiro atoms. The predicted molar refractivity (Wildman–Crippen MR) is 49.2 cm³/mol. The molecule has 0 fully saturated rings. The van der Waals surface area contributed by atoms with E-state index in [9.17, 15) is 4.79 Å². The SMILES string of the molecule is CCc1ccccc1OC(C)=O.[HH]. The van der Waals surface area contributed by atoms with E-state index >= 15 is 0 Å². The maximum atomic E-state index is 10.7. The van der Waals surface area contributed by atoms with Gasteiger partial charge in [-0.15, -0.1) is 0 Å². The van der Waals surface area contributed by atoms with E-state index in [2.05, 4.69) is 0 Å². The van der Waals surface area contributed by atoms with Crippen molar-refractivity contribution in [2.45, 2.75) is 20.3 Å². The first-order valence-electron chi connectivity index (χ1n) is 4.00. The Morgan fingerprint density at radius 3 is 2.75 bits per heavy atom. The van der Waals surface area contributed by atoms with Gasteiger partial charge in [0.1, 0.15) is 5.75 Å². The Bertz CT molecular complexity index is 284. The lowest BCUT2D eigenvalue weighted by atomic mass is 10.1. The minimum absolute atomic E-state index is 0. The van der Waals surface area contributed by atoms with Crippen LogP contribution in [0.5, 0.6) is 5.75 Å². The lowest BCUT2D eigenvalue weighted by molar-refractivity contribution is -0.131. The average molecular weight is 166 g/mol. The van der Waals surface area contributed by atoms with Crippen LogP contribution in [0, 0.1) is 0 Å². The van der Waals surface area contributed by atoms with Crippen LogP contribution in [0.4, 0.5) is 0 Å². The van der Waals surface area contributed by atoms with Gasteiger partial charge >= 0.3 is 5.97 Å². The fourth-order valence-corrected chi connectivity index (χ4v) is 1.05. The number of para-hydroxylation sites is 1. The largest absolute Gasteiger partial charge is 0.426 e. The molecule has 1 aromatic rings. The Kier molecular flexibility index (Phi) is 2.86. The fourth-order valence-electron chi connectivity index (χ4n) is 1.05. The average Bonchev–Trinajstić information content (AvgIpc) is 2.04. The molecule has 0 bridgehead atoms. The molecule has 0 N–H and O–H groups in total. The summed E-state index contributed by atoms with van der Waals surface area (Å²) in [7, 11) is 0. The van der Waals surface area contributed by atoms with Crippen molar-refractivity contribution >= 4 is 5.97 Å². The third kappa shape index (κ3) is 2.09. The van der Waals surface area contributed by atoms with Gasteiger partial charge in [0.15, 0.2) is 0 Å². The van der Waals surface area contributed by atoms with E-state index in [4.69, 9.17) is 4.74 Å². The molecule has 12 heavy (non-hydrogen) atoms. The van der Waals surface area contributed by atoms with Crippen LogP contribution in [0.3, 0.4) is 0 Å². The molecule has 0 radical (unpaired) electrons. The molecule has 0 aliphatic rings. The second kappa shape index (κ2) is 3.90. The summed E-state index contributed by atoms with van der Waals surface area (Å²) in [5.41, 5.74) is 1.06. The van der Waals surface area contributed by atoms with Gasteiger partial charge < -0.3 is 4.74 Å². The van der Waals surface area contributed by atoms with Crippen LogP contribution in [-0.2, 0) is 11.2 Å². The van der Waals surface area contributed by atoms with Crippen LogP contribution < -0.4 is 4.74 Å². The Hall–Kier alpha value is -1.31. The number of benzene rings is 1. The number of carbonyl (C=O) groups is 1. The van der Waals surface area contributed by atoms with Crippen LogP contribution in [0.15, 0.2) is 24.3 Å². The lowest BCUT2D eigenvalue weighted by Crippen LogP contribution is -2.03. The van der Waals surface area contributed by atoms with Gasteiger partial charge in [0.2, 0.25) is 0 Å². The Morgan fingerprint density at radius 1 is 1.50 bits per heavy atom. The minimum Gasteiger partial charge on any atom is -0.426 e. The van der Waals surface area contributed by atoms with Crippen molar-refractivity contribution in [1.29, 1.82) is 0 Å². The molecule has 1 rings (SSSR count). The van der Waals surface area contributed by atoms with Crippen molar-refractivity contribution in [3.8, 4) is 5.75 Å². The van der Waals surface area contributed by atoms with Gasteiger partial charge in [0.25, 0.3) is 0 Å². The molecule has 0 aromatic heterocycles. The zero-order valence-electron chi connectivity index (χ0n) is 7.33. The monoisotopic (exact) mass is 166 g/mol. The summed E-state index contributed by atoms with van der Waals surface area (Å²) < 4.78 is 5.00. The van der Waals surface area contributed by atoms with Crippen molar-refractivity contribution in [2.75, 3.05) is 0 Å². The highest BCUT2D eigenvalue weighted by atomic mass is 16.5. The first kappa shape index (κ1) is 8.78. The molecular formula is C10H14O2. The summed E-state index contributed by atoms with van der Waals surface area (Å²) >= 11 is 0. The fraction of sp³-hybridized carbons (Fsp3) is 0.300. The van der Waals surface area contributed by atoms with Crippen molar-refractivity contribution in [3.63, 3.8) is 0 Å². The number of hydrogen-bond acceptors (Lipinski definition) is 2. The predicted octanol–water partition coefficient (Wildman–Crippen LogP) is 2.42. The minimum atomic E-state index is -0.268. The molecule has 0 aliphatic heterocycles. The highest BCUT2D eigenvalue weighted by Gasteiger charge is 2.01. The van der Waals surface area contributed by atoms with E-state index in [1.165, 1.54) is 6.92 Å². The molecule has 0 saturated heterocycles. The van der Waals surface area contributed by atoms with E-state index in [0.717, 1.165) is 12.0 Å². The topological polar surface area (TPSA) is 26.3 Å². The van der Waals surface area contributed by atoms with Gasteiger partial charge in [-0.1, -0.05) is 25.1 Å². The summed E-state index contributed by atoms with van der Waals surface area (Å²) in [4.78, 5) is 10.7. The van der Waals surface area contributed by atoms with Gasteiger partial charge in [-0.25, -0.2) is 0 Å². The number of carbonyl (C=O) groups excluding carboxylic acids is 1. The summed E-state index contributed by atoms with van der Waals surface area (Å²) in [6.07, 6.45) is 0.878. The third-order valence-corrected chi connectivity index (χ3v) is 1.61. The van der Waals surface area contributed by atoms with Crippen LogP contribution >= 0.6 is 0 Å². The molecule has 0 amide bonds. The van der Waals surface area contributed by atoms with Crippen molar-refractivity contribution in [3.05, 3.63) is 29.8 Å². The first-order chi connectivity index (χ1) is 5.74. The molecule has 0 heterocycles. The Balaban J connectivity index is 0.00000144. The van der Waals surface area contributed by atoms with Crippen LogP contribution in [0.1, 0.15) is 20.8 Å². The Labute approximate surface area is 73.7 Å². The zero-order chi connectivity index (χ0) is 8.97. The van der Waals surface area contributed by atoms with E-state index in [1.807, 2.05) is 25.1 Å². The lowest BCUT2D eigenvalue weighted by Gasteiger charge is -2.05. The summed E-state index contributed by atoms with van der Waals surface area (Å²) in [6, 6.07) is 7.56. The molecule has 2 heteroatoms. The first-order valence-corrected chi connectivity index (χ1v) is 4.00. The molecule has 0 atom stereocenters. The third-order valence-electron chi connectivity index (χ3n) is 1.61. The van der Waals surface area contributed by atoms with Gasteiger partial charge in [-0.3, -0.25) is 4.79 Å². The molecule has 66 valence electrons.